The van der Waals surface area contributed by atoms with E-state index < -0.39 is 23.0 Å². The maximum Gasteiger partial charge on any atom is 0.248 e. The van der Waals surface area contributed by atoms with E-state index in [2.05, 4.69) is 10.4 Å². The van der Waals surface area contributed by atoms with Crippen molar-refractivity contribution in [1.29, 1.82) is 0 Å². The fraction of sp³-hybridized carbons (Fsp3) is 0.522. The van der Waals surface area contributed by atoms with Gasteiger partial charge in [-0.1, -0.05) is 20.8 Å². The highest BCUT2D eigenvalue weighted by molar-refractivity contribution is 5.89. The molecule has 0 fully saturated rings. The average Bonchev–Trinajstić information content (AvgIpc) is 2.99. The van der Waals surface area contributed by atoms with Gasteiger partial charge in [0.2, 0.25) is 11.8 Å². The maximum absolute atomic E-state index is 13.9. The Morgan fingerprint density at radius 3 is 2.52 bits per heavy atom. The van der Waals surface area contributed by atoms with Crippen LogP contribution >= 0.6 is 0 Å². The van der Waals surface area contributed by atoms with Gasteiger partial charge >= 0.3 is 0 Å². The van der Waals surface area contributed by atoms with Crippen molar-refractivity contribution in [2.75, 3.05) is 25.5 Å². The first-order valence-corrected chi connectivity index (χ1v) is 10.6. The Balaban J connectivity index is 2.09. The number of anilines is 1. The van der Waals surface area contributed by atoms with Gasteiger partial charge < -0.3 is 10.2 Å². The Labute approximate surface area is 181 Å². The van der Waals surface area contributed by atoms with Crippen LogP contribution < -0.4 is 10.2 Å². The van der Waals surface area contributed by atoms with Gasteiger partial charge in [0.1, 0.15) is 5.69 Å². The van der Waals surface area contributed by atoms with Gasteiger partial charge in [-0.25, -0.2) is 13.5 Å². The van der Waals surface area contributed by atoms with Crippen LogP contribution in [0, 0.1) is 23.0 Å². The van der Waals surface area contributed by atoms with Gasteiger partial charge in [0.05, 0.1) is 17.3 Å². The maximum atomic E-state index is 13.9. The fourth-order valence-corrected chi connectivity index (χ4v) is 4.09. The minimum absolute atomic E-state index is 0.00176. The lowest BCUT2D eigenvalue weighted by atomic mass is 9.78. The summed E-state index contributed by atoms with van der Waals surface area (Å²) in [4.78, 5) is 27.8. The van der Waals surface area contributed by atoms with E-state index >= 15 is 0 Å². The summed E-state index contributed by atoms with van der Waals surface area (Å²) in [7, 11) is 3.47. The number of benzene rings is 1. The molecule has 1 aliphatic heterocycles. The van der Waals surface area contributed by atoms with E-state index in [1.54, 1.807) is 7.05 Å². The first kappa shape index (κ1) is 22.9. The fourth-order valence-electron chi connectivity index (χ4n) is 4.09. The predicted octanol–water partition coefficient (Wildman–Crippen LogP) is 4.04. The molecule has 0 bridgehead atoms. The molecule has 0 aliphatic carbocycles. The van der Waals surface area contributed by atoms with Crippen LogP contribution in [0.3, 0.4) is 0 Å². The molecule has 0 unspecified atom stereocenters. The number of halogens is 2. The molecule has 0 saturated carbocycles. The molecule has 31 heavy (non-hydrogen) atoms. The highest BCUT2D eigenvalue weighted by atomic mass is 19.2. The highest BCUT2D eigenvalue weighted by Gasteiger charge is 2.35. The van der Waals surface area contributed by atoms with Gasteiger partial charge in [0.15, 0.2) is 11.6 Å². The normalized spacial score (nSPS) is 15.3. The topological polar surface area (TPSA) is 67.2 Å². The molecular weight excluding hydrogens is 402 g/mol. The summed E-state index contributed by atoms with van der Waals surface area (Å²) in [6, 6.07) is 3.64. The van der Waals surface area contributed by atoms with Gasteiger partial charge in [-0.05, 0) is 42.9 Å². The zero-order chi connectivity index (χ0) is 22.9. The molecule has 8 heteroatoms. The molecule has 1 aliphatic rings. The number of aromatic nitrogens is 2. The SMILES string of the molecule is CNC(=O)[C@@H](CC(=O)n1nc(-c2ccc(F)c(F)c2)c2c1CCCCN2C)C(C)(C)C. The first-order chi connectivity index (χ1) is 14.5. The van der Waals surface area contributed by atoms with Crippen LogP contribution in [0.25, 0.3) is 11.3 Å². The number of hydrogen-bond donors (Lipinski definition) is 1. The Bertz CT molecular complexity index is 994. The van der Waals surface area contributed by atoms with Gasteiger partial charge in [0.25, 0.3) is 0 Å². The van der Waals surface area contributed by atoms with Gasteiger partial charge in [-0.3, -0.25) is 9.59 Å². The van der Waals surface area contributed by atoms with Crippen molar-refractivity contribution in [1.82, 2.24) is 15.1 Å². The molecule has 168 valence electrons. The quantitative estimate of drug-likeness (QED) is 0.792. The molecule has 1 aromatic carbocycles. The van der Waals surface area contributed by atoms with Crippen LogP contribution in [-0.4, -0.2) is 42.2 Å². The van der Waals surface area contributed by atoms with Gasteiger partial charge in [0, 0.05) is 32.6 Å². The second-order valence-electron chi connectivity index (χ2n) is 9.19. The summed E-state index contributed by atoms with van der Waals surface area (Å²) in [5.74, 6) is -2.91. The zero-order valence-corrected chi connectivity index (χ0v) is 18.8. The minimum Gasteiger partial charge on any atom is -0.371 e. The number of carbonyl (C=O) groups excluding carboxylic acids is 2. The van der Waals surface area contributed by atoms with E-state index in [1.165, 1.54) is 10.7 Å². The van der Waals surface area contributed by atoms with Crippen molar-refractivity contribution in [2.24, 2.45) is 11.3 Å². The van der Waals surface area contributed by atoms with Crippen molar-refractivity contribution in [3.05, 3.63) is 35.5 Å². The van der Waals surface area contributed by atoms with Crippen molar-refractivity contribution < 1.29 is 18.4 Å². The van der Waals surface area contributed by atoms with Crippen LogP contribution in [0.1, 0.15) is 50.5 Å². The summed E-state index contributed by atoms with van der Waals surface area (Å²) in [6.07, 6.45) is 2.46. The third kappa shape index (κ3) is 4.62. The summed E-state index contributed by atoms with van der Waals surface area (Å²) in [6.45, 7) is 6.53. The molecule has 0 radical (unpaired) electrons. The lowest BCUT2D eigenvalue weighted by molar-refractivity contribution is -0.127. The molecule has 1 amide bonds. The van der Waals surface area contributed by atoms with Crippen molar-refractivity contribution in [3.8, 4) is 11.3 Å². The Morgan fingerprint density at radius 1 is 1.19 bits per heavy atom. The molecular formula is C23H30F2N4O2. The van der Waals surface area contributed by atoms with E-state index in [0.29, 0.717) is 17.7 Å². The van der Waals surface area contributed by atoms with Gasteiger partial charge in [-0.15, -0.1) is 0 Å². The second kappa shape index (κ2) is 8.77. The third-order valence-electron chi connectivity index (χ3n) is 5.91. The van der Waals surface area contributed by atoms with Crippen LogP contribution in [0.2, 0.25) is 0 Å². The zero-order valence-electron chi connectivity index (χ0n) is 18.8. The molecule has 6 nitrogen and oxygen atoms in total. The molecule has 3 rings (SSSR count). The first-order valence-electron chi connectivity index (χ1n) is 10.6. The average molecular weight is 433 g/mol. The second-order valence-corrected chi connectivity index (χ2v) is 9.19. The van der Waals surface area contributed by atoms with E-state index in [1.807, 2.05) is 32.7 Å². The Morgan fingerprint density at radius 2 is 1.90 bits per heavy atom. The molecule has 0 spiro atoms. The predicted molar refractivity (Wildman–Crippen MR) is 116 cm³/mol. The summed E-state index contributed by atoms with van der Waals surface area (Å²) < 4.78 is 28.8. The van der Waals surface area contributed by atoms with E-state index in [4.69, 9.17) is 0 Å². The standard InChI is InChI=1S/C23H30F2N4O2/c1-23(2,3)15(22(31)26-4)13-19(30)29-18-8-6-7-11-28(5)21(18)20(27-29)14-9-10-16(24)17(25)12-14/h9-10,12,15H,6-8,11,13H2,1-5H3,(H,26,31)/t15-/m1/s1. The third-order valence-corrected chi connectivity index (χ3v) is 5.91. The molecule has 1 atom stereocenters. The van der Waals surface area contributed by atoms with Crippen molar-refractivity contribution in [3.63, 3.8) is 0 Å². The minimum atomic E-state index is -0.962. The summed E-state index contributed by atoms with van der Waals surface area (Å²) >= 11 is 0. The molecule has 2 heterocycles. The number of hydrogen-bond acceptors (Lipinski definition) is 4. The highest BCUT2D eigenvalue weighted by Crippen LogP contribution is 2.37. The largest absolute Gasteiger partial charge is 0.371 e. The van der Waals surface area contributed by atoms with E-state index in [9.17, 15) is 18.4 Å². The Kier molecular flexibility index (Phi) is 6.48. The number of carbonyl (C=O) groups is 2. The van der Waals surface area contributed by atoms with Crippen LogP contribution in [0.15, 0.2) is 18.2 Å². The monoisotopic (exact) mass is 432 g/mol. The number of rotatable bonds is 4. The molecule has 2 aromatic rings. The molecule has 1 aromatic heterocycles. The number of nitrogens with one attached hydrogen (secondary N) is 1. The smallest absolute Gasteiger partial charge is 0.248 e. The number of nitrogens with zero attached hydrogens (tertiary/aromatic N) is 3. The molecule has 0 saturated heterocycles. The van der Waals surface area contributed by atoms with Gasteiger partial charge in [-0.2, -0.15) is 5.10 Å². The van der Waals surface area contributed by atoms with Crippen molar-refractivity contribution in [2.45, 2.75) is 46.5 Å². The lowest BCUT2D eigenvalue weighted by Gasteiger charge is -2.28. The number of amides is 1. The summed E-state index contributed by atoms with van der Waals surface area (Å²) in [5.41, 5.74) is 1.94. The van der Waals surface area contributed by atoms with Crippen LogP contribution in [-0.2, 0) is 11.2 Å². The molecule has 1 N–H and O–H groups in total. The van der Waals surface area contributed by atoms with E-state index in [-0.39, 0.29) is 18.2 Å². The van der Waals surface area contributed by atoms with Crippen LogP contribution in [0.4, 0.5) is 14.5 Å². The Hall–Kier alpha value is -2.77. The summed E-state index contributed by atoms with van der Waals surface area (Å²) in [5, 5.41) is 7.19. The van der Waals surface area contributed by atoms with Crippen molar-refractivity contribution >= 4 is 17.5 Å². The van der Waals surface area contributed by atoms with Crippen LogP contribution in [0.5, 0.6) is 0 Å². The van der Waals surface area contributed by atoms with E-state index in [0.717, 1.165) is 42.9 Å². The number of fused-ring (bicyclic) bond motifs is 1. The lowest BCUT2D eigenvalue weighted by Crippen LogP contribution is -2.38.